The number of piperidine rings is 2. The molecule has 0 unspecified atom stereocenters. The van der Waals surface area contributed by atoms with Crippen molar-refractivity contribution in [2.24, 2.45) is 5.92 Å². The van der Waals surface area contributed by atoms with Gasteiger partial charge in [-0.25, -0.2) is 4.79 Å². The van der Waals surface area contributed by atoms with Crippen LogP contribution in [-0.2, 0) is 19.1 Å². The van der Waals surface area contributed by atoms with Crippen molar-refractivity contribution in [3.05, 3.63) is 0 Å². The first-order chi connectivity index (χ1) is 16.3. The third-order valence-electron chi connectivity index (χ3n) is 6.97. The Morgan fingerprint density at radius 1 is 0.686 bits per heavy atom. The van der Waals surface area contributed by atoms with Gasteiger partial charge in [0, 0.05) is 64.3 Å². The van der Waals surface area contributed by atoms with E-state index in [0.29, 0.717) is 38.5 Å². The van der Waals surface area contributed by atoms with Crippen molar-refractivity contribution in [3.63, 3.8) is 0 Å². The minimum Gasteiger partial charge on any atom is -0.459 e. The smallest absolute Gasteiger partial charge is 0.410 e. The average Bonchev–Trinajstić information content (AvgIpc) is 2.77. The molecule has 9 nitrogen and oxygen atoms in total. The molecule has 3 aliphatic rings. The maximum atomic E-state index is 13.1. The van der Waals surface area contributed by atoms with E-state index in [1.807, 2.05) is 46.4 Å². The van der Waals surface area contributed by atoms with E-state index in [4.69, 9.17) is 9.47 Å². The molecule has 3 fully saturated rings. The van der Waals surface area contributed by atoms with Gasteiger partial charge in [-0.15, -0.1) is 0 Å². The third-order valence-corrected chi connectivity index (χ3v) is 6.97. The van der Waals surface area contributed by atoms with Crippen LogP contribution in [0.5, 0.6) is 0 Å². The van der Waals surface area contributed by atoms with Gasteiger partial charge in [0.05, 0.1) is 6.54 Å². The maximum Gasteiger partial charge on any atom is 0.410 e. The molecule has 0 spiro atoms. The number of amides is 2. The van der Waals surface area contributed by atoms with Crippen molar-refractivity contribution in [2.75, 3.05) is 58.9 Å². The highest BCUT2D eigenvalue weighted by Gasteiger charge is 2.35. The molecule has 0 aromatic carbocycles. The first kappa shape index (κ1) is 27.7. The molecule has 0 radical (unpaired) electrons. The molecule has 3 heterocycles. The molecule has 3 aliphatic heterocycles. The van der Waals surface area contributed by atoms with E-state index in [-0.39, 0.29) is 23.9 Å². The maximum absolute atomic E-state index is 13.1. The van der Waals surface area contributed by atoms with Gasteiger partial charge >= 0.3 is 12.1 Å². The van der Waals surface area contributed by atoms with Crippen LogP contribution >= 0.6 is 0 Å². The lowest BCUT2D eigenvalue weighted by atomic mass is 9.95. The molecular formula is C26H46N4O5. The zero-order chi connectivity index (χ0) is 25.8. The number of piperazine rings is 1. The van der Waals surface area contributed by atoms with Gasteiger partial charge in [-0.2, -0.15) is 0 Å². The first-order valence-electron chi connectivity index (χ1n) is 13.3. The molecule has 0 bridgehead atoms. The molecule has 0 aromatic rings. The van der Waals surface area contributed by atoms with Gasteiger partial charge < -0.3 is 19.3 Å². The van der Waals surface area contributed by atoms with Crippen LogP contribution in [0.25, 0.3) is 0 Å². The Bertz CT molecular complexity index is 736. The molecule has 0 N–H and O–H groups in total. The lowest BCUT2D eigenvalue weighted by molar-refractivity contribution is -0.156. The highest BCUT2D eigenvalue weighted by molar-refractivity contribution is 5.79. The van der Waals surface area contributed by atoms with Crippen molar-refractivity contribution >= 4 is 18.0 Å². The van der Waals surface area contributed by atoms with E-state index in [1.165, 1.54) is 0 Å². The molecule has 0 aliphatic carbocycles. The van der Waals surface area contributed by atoms with Crippen molar-refractivity contribution in [3.8, 4) is 0 Å². The number of hydrogen-bond donors (Lipinski definition) is 0. The fraction of sp³-hybridized carbons (Fsp3) is 0.885. The quantitative estimate of drug-likeness (QED) is 0.556. The van der Waals surface area contributed by atoms with Crippen LogP contribution in [0.4, 0.5) is 4.79 Å². The Morgan fingerprint density at radius 2 is 1.23 bits per heavy atom. The number of nitrogens with zero attached hydrogens (tertiary/aromatic N) is 4. The van der Waals surface area contributed by atoms with Crippen LogP contribution in [0, 0.1) is 5.92 Å². The Labute approximate surface area is 211 Å². The lowest BCUT2D eigenvalue weighted by Crippen LogP contribution is -2.56. The fourth-order valence-corrected chi connectivity index (χ4v) is 5.20. The van der Waals surface area contributed by atoms with Crippen LogP contribution in [0.15, 0.2) is 0 Å². The topological polar surface area (TPSA) is 82.6 Å². The van der Waals surface area contributed by atoms with Crippen LogP contribution in [-0.4, -0.2) is 114 Å². The normalized spacial score (nSPS) is 22.2. The van der Waals surface area contributed by atoms with Gasteiger partial charge in [0.2, 0.25) is 5.91 Å². The molecule has 3 rings (SSSR count). The van der Waals surface area contributed by atoms with Gasteiger partial charge in [0.15, 0.2) is 0 Å². The Kier molecular flexibility index (Phi) is 9.07. The second kappa shape index (κ2) is 11.5. The van der Waals surface area contributed by atoms with E-state index in [1.54, 1.807) is 4.90 Å². The number of ether oxygens (including phenoxy) is 2. The summed E-state index contributed by atoms with van der Waals surface area (Å²) in [6.45, 7) is 18.0. The second-order valence-electron chi connectivity index (χ2n) is 12.2. The molecule has 0 atom stereocenters. The van der Waals surface area contributed by atoms with Crippen molar-refractivity contribution in [2.45, 2.75) is 84.5 Å². The molecule has 9 heteroatoms. The minimum atomic E-state index is -0.502. The van der Waals surface area contributed by atoms with E-state index >= 15 is 0 Å². The van der Waals surface area contributed by atoms with Crippen molar-refractivity contribution < 1.29 is 23.9 Å². The summed E-state index contributed by atoms with van der Waals surface area (Å²) in [5.74, 6) is 0.0806. The molecule has 0 aromatic heterocycles. The van der Waals surface area contributed by atoms with Gasteiger partial charge in [0.25, 0.3) is 0 Å². The number of carbonyl (C=O) groups is 3. The molecular weight excluding hydrogens is 448 g/mol. The van der Waals surface area contributed by atoms with Gasteiger partial charge in [0.1, 0.15) is 11.2 Å². The minimum absolute atomic E-state index is 0.00340. The Morgan fingerprint density at radius 3 is 1.74 bits per heavy atom. The molecule has 0 saturated carbocycles. The summed E-state index contributed by atoms with van der Waals surface area (Å²) in [7, 11) is 0. The standard InChI is InChI=1S/C26H46N4O5/c1-25(2,3)34-22(31)19-27-11-9-21(10-12-27)28-15-17-29(18-16-28)23(32)20-7-13-30(14-8-20)24(33)35-26(4,5)6/h20-21H,7-19H2,1-6H3. The Hall–Kier alpha value is -1.87. The van der Waals surface area contributed by atoms with E-state index < -0.39 is 11.2 Å². The first-order valence-corrected chi connectivity index (χ1v) is 13.3. The largest absolute Gasteiger partial charge is 0.459 e. The van der Waals surface area contributed by atoms with Crippen LogP contribution in [0.2, 0.25) is 0 Å². The highest BCUT2D eigenvalue weighted by Crippen LogP contribution is 2.24. The van der Waals surface area contributed by atoms with Gasteiger partial charge in [-0.05, 0) is 67.2 Å². The summed E-state index contributed by atoms with van der Waals surface area (Å²) in [6, 6.07) is 0.513. The Balaban J connectivity index is 1.36. The van der Waals surface area contributed by atoms with Gasteiger partial charge in [-0.3, -0.25) is 19.4 Å². The van der Waals surface area contributed by atoms with Crippen LogP contribution < -0.4 is 0 Å². The molecule has 3 saturated heterocycles. The summed E-state index contributed by atoms with van der Waals surface area (Å²) < 4.78 is 10.9. The summed E-state index contributed by atoms with van der Waals surface area (Å²) in [5.41, 5.74) is -0.945. The summed E-state index contributed by atoms with van der Waals surface area (Å²) in [6.07, 6.45) is 3.21. The number of likely N-dealkylation sites (tertiary alicyclic amines) is 2. The molecule has 35 heavy (non-hydrogen) atoms. The lowest BCUT2D eigenvalue weighted by Gasteiger charge is -2.43. The van der Waals surface area contributed by atoms with E-state index in [2.05, 4.69) is 9.80 Å². The zero-order valence-corrected chi connectivity index (χ0v) is 22.7. The SMILES string of the molecule is CC(C)(C)OC(=O)CN1CCC(N2CCN(C(=O)C3CCN(C(=O)OC(C)(C)C)CC3)CC2)CC1. The highest BCUT2D eigenvalue weighted by atomic mass is 16.6. The number of rotatable bonds is 4. The number of esters is 1. The predicted molar refractivity (Wildman–Crippen MR) is 134 cm³/mol. The van der Waals surface area contributed by atoms with Crippen LogP contribution in [0.3, 0.4) is 0 Å². The fourth-order valence-electron chi connectivity index (χ4n) is 5.20. The predicted octanol–water partition coefficient (Wildman–Crippen LogP) is 2.58. The molecule has 2 amide bonds. The van der Waals surface area contributed by atoms with Crippen molar-refractivity contribution in [1.29, 1.82) is 0 Å². The van der Waals surface area contributed by atoms with Crippen LogP contribution in [0.1, 0.15) is 67.2 Å². The number of carbonyl (C=O) groups excluding carboxylic acids is 3. The van der Waals surface area contributed by atoms with Gasteiger partial charge in [-0.1, -0.05) is 0 Å². The summed E-state index contributed by atoms with van der Waals surface area (Å²) in [5, 5.41) is 0. The monoisotopic (exact) mass is 494 g/mol. The summed E-state index contributed by atoms with van der Waals surface area (Å²) >= 11 is 0. The average molecular weight is 495 g/mol. The molecule has 200 valence electrons. The number of hydrogen-bond acceptors (Lipinski definition) is 7. The zero-order valence-electron chi connectivity index (χ0n) is 22.7. The van der Waals surface area contributed by atoms with Crippen molar-refractivity contribution in [1.82, 2.24) is 19.6 Å². The van der Waals surface area contributed by atoms with E-state index in [9.17, 15) is 14.4 Å². The second-order valence-corrected chi connectivity index (χ2v) is 12.2. The summed E-state index contributed by atoms with van der Waals surface area (Å²) in [4.78, 5) is 45.9. The van der Waals surface area contributed by atoms with E-state index in [0.717, 1.165) is 52.1 Å². The third kappa shape index (κ3) is 8.63.